The van der Waals surface area contributed by atoms with Gasteiger partial charge in [0, 0.05) is 9.77 Å². The summed E-state index contributed by atoms with van der Waals surface area (Å²) in [5.74, 6) is 0.0881. The van der Waals surface area contributed by atoms with Crippen molar-refractivity contribution in [1.82, 2.24) is 4.98 Å². The number of aryl methyl sites for hydroxylation is 2. The van der Waals surface area contributed by atoms with Crippen molar-refractivity contribution in [1.29, 1.82) is 0 Å². The first kappa shape index (κ1) is 14.3. The molecule has 0 saturated heterocycles. The Morgan fingerprint density at radius 3 is 2.95 bits per heavy atom. The van der Waals surface area contributed by atoms with Crippen molar-refractivity contribution in [3.63, 3.8) is 0 Å². The van der Waals surface area contributed by atoms with Crippen LogP contribution in [0.25, 0.3) is 0 Å². The predicted molar refractivity (Wildman–Crippen MR) is 91.8 cm³/mol. The van der Waals surface area contributed by atoms with Crippen molar-refractivity contribution in [2.75, 3.05) is 5.32 Å². The van der Waals surface area contributed by atoms with Crippen LogP contribution in [0.5, 0.6) is 0 Å². The third-order valence-electron chi connectivity index (χ3n) is 4.27. The van der Waals surface area contributed by atoms with Crippen molar-refractivity contribution >= 4 is 34.1 Å². The maximum atomic E-state index is 12.5. The summed E-state index contributed by atoms with van der Waals surface area (Å²) in [6.07, 6.45) is 6.76. The van der Waals surface area contributed by atoms with Gasteiger partial charge in [0.2, 0.25) is 5.91 Å². The van der Waals surface area contributed by atoms with Crippen molar-refractivity contribution in [3.8, 4) is 0 Å². The number of thioether (sulfide) groups is 1. The number of carbonyl (C=O) groups is 1. The first-order chi connectivity index (χ1) is 10.8. The zero-order chi connectivity index (χ0) is 14.9. The van der Waals surface area contributed by atoms with Gasteiger partial charge in [-0.15, -0.1) is 23.1 Å². The van der Waals surface area contributed by atoms with Crippen molar-refractivity contribution in [2.24, 2.45) is 0 Å². The number of hydrogen-bond donors (Lipinski definition) is 1. The predicted octanol–water partition coefficient (Wildman–Crippen LogP) is 4.07. The molecule has 2 heterocycles. The van der Waals surface area contributed by atoms with Crippen LogP contribution in [-0.4, -0.2) is 16.1 Å². The number of fused-ring (bicyclic) bond motifs is 2. The van der Waals surface area contributed by atoms with Crippen LogP contribution in [0.15, 0.2) is 29.2 Å². The lowest BCUT2D eigenvalue weighted by Crippen LogP contribution is -2.24. The molecule has 0 saturated carbocycles. The maximum Gasteiger partial charge on any atom is 0.239 e. The molecule has 0 spiro atoms. The summed E-state index contributed by atoms with van der Waals surface area (Å²) in [5.41, 5.74) is 2.49. The molecule has 2 aliphatic rings. The Labute approximate surface area is 138 Å². The summed E-state index contributed by atoms with van der Waals surface area (Å²) < 4.78 is 0. The highest BCUT2D eigenvalue weighted by Crippen LogP contribution is 2.37. The molecular weight excluding hydrogens is 312 g/mol. The minimum atomic E-state index is -0.0268. The summed E-state index contributed by atoms with van der Waals surface area (Å²) in [6.45, 7) is 0. The van der Waals surface area contributed by atoms with Crippen LogP contribution < -0.4 is 5.32 Å². The molecule has 1 aromatic carbocycles. The van der Waals surface area contributed by atoms with Gasteiger partial charge < -0.3 is 5.32 Å². The Hall–Kier alpha value is -1.33. The minimum Gasteiger partial charge on any atom is -0.301 e. The molecular formula is C17H18N2OS2. The smallest absolute Gasteiger partial charge is 0.239 e. The standard InChI is InChI=1S/C17H18N2OS2/c20-16(15-10-11-6-4-5-8-13(11)21-15)19-17-18-12-7-2-1-3-9-14(12)22-17/h4-6,8,15H,1-3,7,9-10H2,(H,18,19,20). The molecule has 1 atom stereocenters. The van der Waals surface area contributed by atoms with E-state index in [0.717, 1.165) is 24.4 Å². The second-order valence-corrected chi connectivity index (χ2v) is 8.19. The Balaban J connectivity index is 1.45. The molecule has 3 nitrogen and oxygen atoms in total. The van der Waals surface area contributed by atoms with Gasteiger partial charge in [-0.1, -0.05) is 24.6 Å². The zero-order valence-corrected chi connectivity index (χ0v) is 13.9. The summed E-state index contributed by atoms with van der Waals surface area (Å²) in [7, 11) is 0. The first-order valence-corrected chi connectivity index (χ1v) is 9.53. The van der Waals surface area contributed by atoms with E-state index in [4.69, 9.17) is 0 Å². The number of rotatable bonds is 2. The highest BCUT2D eigenvalue weighted by atomic mass is 32.2. The van der Waals surface area contributed by atoms with Gasteiger partial charge in [0.05, 0.1) is 10.9 Å². The molecule has 0 fully saturated rings. The number of amides is 1. The van der Waals surface area contributed by atoms with E-state index in [-0.39, 0.29) is 11.2 Å². The van der Waals surface area contributed by atoms with Crippen LogP contribution in [0, 0.1) is 0 Å². The lowest BCUT2D eigenvalue weighted by atomic mass is 10.1. The van der Waals surface area contributed by atoms with Gasteiger partial charge in [-0.05, 0) is 43.7 Å². The molecule has 1 unspecified atom stereocenters. The highest BCUT2D eigenvalue weighted by Gasteiger charge is 2.28. The van der Waals surface area contributed by atoms with E-state index in [1.807, 2.05) is 12.1 Å². The van der Waals surface area contributed by atoms with E-state index in [2.05, 4.69) is 22.4 Å². The van der Waals surface area contributed by atoms with Gasteiger partial charge in [0.25, 0.3) is 0 Å². The number of carbonyl (C=O) groups excluding carboxylic acids is 1. The fourth-order valence-electron chi connectivity index (χ4n) is 3.10. The largest absolute Gasteiger partial charge is 0.301 e. The highest BCUT2D eigenvalue weighted by molar-refractivity contribution is 8.01. The Bertz CT molecular complexity index is 662. The molecule has 1 aliphatic carbocycles. The zero-order valence-electron chi connectivity index (χ0n) is 12.3. The third kappa shape index (κ3) is 2.79. The Morgan fingerprint density at radius 1 is 1.18 bits per heavy atom. The van der Waals surface area contributed by atoms with E-state index in [9.17, 15) is 4.79 Å². The normalized spacial score (nSPS) is 20.1. The van der Waals surface area contributed by atoms with E-state index in [0.29, 0.717) is 0 Å². The number of hydrogen-bond acceptors (Lipinski definition) is 4. The monoisotopic (exact) mass is 330 g/mol. The summed E-state index contributed by atoms with van der Waals surface area (Å²) in [4.78, 5) is 19.8. The number of aromatic nitrogens is 1. The number of benzene rings is 1. The molecule has 22 heavy (non-hydrogen) atoms. The quantitative estimate of drug-likeness (QED) is 0.844. The van der Waals surface area contributed by atoms with Gasteiger partial charge in [0.1, 0.15) is 0 Å². The Kier molecular flexibility index (Phi) is 3.92. The topological polar surface area (TPSA) is 42.0 Å². The second kappa shape index (κ2) is 6.05. The number of thiazole rings is 1. The van der Waals surface area contributed by atoms with Gasteiger partial charge in [-0.2, -0.15) is 0 Å². The lowest BCUT2D eigenvalue weighted by molar-refractivity contribution is -0.115. The van der Waals surface area contributed by atoms with Gasteiger partial charge in [0.15, 0.2) is 5.13 Å². The fourth-order valence-corrected chi connectivity index (χ4v) is 5.34. The van der Waals surface area contributed by atoms with E-state index >= 15 is 0 Å². The van der Waals surface area contributed by atoms with Gasteiger partial charge in [-0.3, -0.25) is 4.79 Å². The first-order valence-electron chi connectivity index (χ1n) is 7.83. The van der Waals surface area contributed by atoms with E-state index in [1.165, 1.54) is 40.3 Å². The molecule has 2 aromatic rings. The fraction of sp³-hybridized carbons (Fsp3) is 0.412. The van der Waals surface area contributed by atoms with Crippen LogP contribution in [0.4, 0.5) is 5.13 Å². The van der Waals surface area contributed by atoms with Crippen molar-refractivity contribution in [3.05, 3.63) is 40.4 Å². The summed E-state index contributed by atoms with van der Waals surface area (Å²) in [5, 5.41) is 3.80. The summed E-state index contributed by atoms with van der Waals surface area (Å²) >= 11 is 3.33. The van der Waals surface area contributed by atoms with Crippen molar-refractivity contribution < 1.29 is 4.79 Å². The number of nitrogens with one attached hydrogen (secondary N) is 1. The van der Waals surface area contributed by atoms with Crippen LogP contribution in [0.3, 0.4) is 0 Å². The second-order valence-electron chi connectivity index (χ2n) is 5.86. The number of nitrogens with zero attached hydrogens (tertiary/aromatic N) is 1. The number of anilines is 1. The minimum absolute atomic E-state index is 0.0268. The Morgan fingerprint density at radius 2 is 2.05 bits per heavy atom. The van der Waals surface area contributed by atoms with Crippen molar-refractivity contribution in [2.45, 2.75) is 48.7 Å². The molecule has 114 valence electrons. The van der Waals surface area contributed by atoms with Gasteiger partial charge in [-0.25, -0.2) is 4.98 Å². The molecule has 0 radical (unpaired) electrons. The molecule has 1 N–H and O–H groups in total. The SMILES string of the molecule is O=C(Nc1nc2c(s1)CCCCC2)C1Cc2ccccc2S1. The molecule has 1 amide bonds. The van der Waals surface area contributed by atoms with E-state index in [1.54, 1.807) is 23.1 Å². The average molecular weight is 330 g/mol. The lowest BCUT2D eigenvalue weighted by Gasteiger charge is -2.07. The third-order valence-corrected chi connectivity index (χ3v) is 6.66. The molecule has 5 heteroatoms. The summed E-state index contributed by atoms with van der Waals surface area (Å²) in [6, 6.07) is 8.28. The molecule has 1 aliphatic heterocycles. The molecule has 4 rings (SSSR count). The van der Waals surface area contributed by atoms with Gasteiger partial charge >= 0.3 is 0 Å². The van der Waals surface area contributed by atoms with Crippen LogP contribution in [-0.2, 0) is 24.1 Å². The maximum absolute atomic E-state index is 12.5. The van der Waals surface area contributed by atoms with Crippen LogP contribution in [0.1, 0.15) is 35.4 Å². The molecule has 0 bridgehead atoms. The average Bonchev–Trinajstić information content (AvgIpc) is 3.05. The van der Waals surface area contributed by atoms with Crippen LogP contribution in [0.2, 0.25) is 0 Å². The molecule has 1 aromatic heterocycles. The van der Waals surface area contributed by atoms with Crippen LogP contribution >= 0.6 is 23.1 Å². The van der Waals surface area contributed by atoms with E-state index < -0.39 is 0 Å².